The molecule has 1 heterocycles. The van der Waals surface area contributed by atoms with Crippen LogP contribution in [-0.4, -0.2) is 9.55 Å². The lowest BCUT2D eigenvalue weighted by atomic mass is 10.1. The fraction of sp³-hybridized carbons (Fsp3) is 0.167. The first-order valence-corrected chi connectivity index (χ1v) is 8.22. The van der Waals surface area contributed by atoms with Crippen molar-refractivity contribution < 1.29 is 0 Å². The minimum atomic E-state index is 0.996. The molecule has 0 aliphatic carbocycles. The summed E-state index contributed by atoms with van der Waals surface area (Å²) in [6.45, 7) is 0.996. The van der Waals surface area contributed by atoms with Crippen molar-refractivity contribution in [1.29, 1.82) is 0 Å². The van der Waals surface area contributed by atoms with Gasteiger partial charge in [-0.3, -0.25) is 0 Å². The van der Waals surface area contributed by atoms with E-state index in [1.54, 1.807) is 0 Å². The second-order valence-electron chi connectivity index (χ2n) is 5.04. The Morgan fingerprint density at radius 2 is 1.86 bits per heavy atom. The SMILES string of the molecule is Ic1cccc(-c2nccn2CCCc2ccccc2)c1. The van der Waals surface area contributed by atoms with Crippen LogP contribution in [0.3, 0.4) is 0 Å². The minimum absolute atomic E-state index is 0.996. The average Bonchev–Trinajstić information content (AvgIpc) is 2.97. The van der Waals surface area contributed by atoms with Crippen molar-refractivity contribution in [2.45, 2.75) is 19.4 Å². The fourth-order valence-corrected chi connectivity index (χ4v) is 3.02. The molecule has 0 atom stereocenters. The van der Waals surface area contributed by atoms with Gasteiger partial charge in [-0.1, -0.05) is 42.5 Å². The van der Waals surface area contributed by atoms with E-state index >= 15 is 0 Å². The third-order valence-corrected chi connectivity index (χ3v) is 4.18. The number of hydrogen-bond acceptors (Lipinski definition) is 1. The van der Waals surface area contributed by atoms with Crippen LogP contribution in [0.4, 0.5) is 0 Å². The van der Waals surface area contributed by atoms with Crippen LogP contribution in [-0.2, 0) is 13.0 Å². The van der Waals surface area contributed by atoms with Gasteiger partial charge in [-0.05, 0) is 53.1 Å². The molecule has 3 aromatic rings. The number of rotatable bonds is 5. The zero-order chi connectivity index (χ0) is 14.5. The molecule has 0 radical (unpaired) electrons. The fourth-order valence-electron chi connectivity index (χ4n) is 2.48. The minimum Gasteiger partial charge on any atom is -0.331 e. The molecule has 2 aromatic carbocycles. The molecule has 106 valence electrons. The zero-order valence-corrected chi connectivity index (χ0v) is 13.9. The topological polar surface area (TPSA) is 17.8 Å². The third kappa shape index (κ3) is 3.73. The van der Waals surface area contributed by atoms with Crippen LogP contribution in [0.2, 0.25) is 0 Å². The van der Waals surface area contributed by atoms with Gasteiger partial charge in [0.1, 0.15) is 5.82 Å². The number of hydrogen-bond donors (Lipinski definition) is 0. The highest BCUT2D eigenvalue weighted by atomic mass is 127. The van der Waals surface area contributed by atoms with Crippen LogP contribution in [0.15, 0.2) is 67.0 Å². The number of aromatic nitrogens is 2. The van der Waals surface area contributed by atoms with E-state index in [9.17, 15) is 0 Å². The van der Waals surface area contributed by atoms with E-state index in [4.69, 9.17) is 0 Å². The molecule has 0 amide bonds. The Hall–Kier alpha value is -1.62. The molecule has 0 N–H and O–H groups in total. The molecular weight excluding hydrogens is 371 g/mol. The van der Waals surface area contributed by atoms with E-state index in [-0.39, 0.29) is 0 Å². The lowest BCUT2D eigenvalue weighted by Gasteiger charge is -2.08. The number of aryl methyl sites for hydroxylation is 2. The maximum atomic E-state index is 4.51. The molecule has 3 heteroatoms. The van der Waals surface area contributed by atoms with Crippen molar-refractivity contribution in [3.05, 3.63) is 76.1 Å². The Bertz CT molecular complexity index is 704. The first kappa shape index (κ1) is 14.3. The van der Waals surface area contributed by atoms with Crippen molar-refractivity contribution >= 4 is 22.6 Å². The van der Waals surface area contributed by atoms with E-state index in [1.165, 1.54) is 14.7 Å². The van der Waals surface area contributed by atoms with Gasteiger partial charge in [0.15, 0.2) is 0 Å². The van der Waals surface area contributed by atoms with Crippen LogP contribution >= 0.6 is 22.6 Å². The van der Waals surface area contributed by atoms with Gasteiger partial charge in [0.25, 0.3) is 0 Å². The van der Waals surface area contributed by atoms with E-state index in [0.717, 1.165) is 25.2 Å². The van der Waals surface area contributed by atoms with E-state index in [2.05, 4.69) is 92.9 Å². The molecule has 3 rings (SSSR count). The molecule has 0 saturated carbocycles. The molecule has 0 aliphatic rings. The van der Waals surface area contributed by atoms with E-state index in [0.29, 0.717) is 0 Å². The van der Waals surface area contributed by atoms with E-state index < -0.39 is 0 Å². The summed E-state index contributed by atoms with van der Waals surface area (Å²) in [6.07, 6.45) is 6.18. The van der Waals surface area contributed by atoms with Crippen LogP contribution < -0.4 is 0 Å². The summed E-state index contributed by atoms with van der Waals surface area (Å²) >= 11 is 2.34. The highest BCUT2D eigenvalue weighted by Gasteiger charge is 2.06. The Morgan fingerprint density at radius 3 is 2.67 bits per heavy atom. The first-order chi connectivity index (χ1) is 10.3. The van der Waals surface area contributed by atoms with Gasteiger partial charge in [0.2, 0.25) is 0 Å². The molecule has 2 nitrogen and oxygen atoms in total. The number of benzene rings is 2. The van der Waals surface area contributed by atoms with Gasteiger partial charge in [-0.15, -0.1) is 0 Å². The predicted octanol–water partition coefficient (Wildman–Crippen LogP) is 4.79. The summed E-state index contributed by atoms with van der Waals surface area (Å²) in [5.74, 6) is 1.06. The lowest BCUT2D eigenvalue weighted by molar-refractivity contribution is 0.648. The summed E-state index contributed by atoms with van der Waals surface area (Å²) in [6, 6.07) is 19.1. The Morgan fingerprint density at radius 1 is 1.00 bits per heavy atom. The largest absolute Gasteiger partial charge is 0.331 e. The summed E-state index contributed by atoms with van der Waals surface area (Å²) in [5.41, 5.74) is 2.58. The van der Waals surface area contributed by atoms with Crippen LogP contribution in [0.25, 0.3) is 11.4 Å². The normalized spacial score (nSPS) is 10.7. The number of imidazole rings is 1. The zero-order valence-electron chi connectivity index (χ0n) is 11.7. The maximum absolute atomic E-state index is 4.51. The van der Waals surface area contributed by atoms with E-state index in [1.807, 2.05) is 6.20 Å². The Kier molecular flexibility index (Phi) is 4.70. The highest BCUT2D eigenvalue weighted by Crippen LogP contribution is 2.20. The summed E-state index contributed by atoms with van der Waals surface area (Å²) < 4.78 is 3.48. The summed E-state index contributed by atoms with van der Waals surface area (Å²) in [7, 11) is 0. The second-order valence-corrected chi connectivity index (χ2v) is 6.29. The molecule has 0 aliphatic heterocycles. The highest BCUT2D eigenvalue weighted by molar-refractivity contribution is 14.1. The Labute approximate surface area is 139 Å². The standard InChI is InChI=1S/C18H17IN2/c19-17-10-4-9-16(14-17)18-20-11-13-21(18)12-5-8-15-6-2-1-3-7-15/h1-4,6-7,9-11,13-14H,5,8,12H2. The van der Waals surface area contributed by atoms with Crippen LogP contribution in [0, 0.1) is 3.57 Å². The van der Waals surface area contributed by atoms with Gasteiger partial charge in [0.05, 0.1) is 0 Å². The molecule has 0 bridgehead atoms. The summed E-state index contributed by atoms with van der Waals surface area (Å²) in [5, 5.41) is 0. The van der Waals surface area contributed by atoms with Crippen molar-refractivity contribution in [1.82, 2.24) is 9.55 Å². The quantitative estimate of drug-likeness (QED) is 0.575. The van der Waals surface area contributed by atoms with Crippen LogP contribution in [0.5, 0.6) is 0 Å². The van der Waals surface area contributed by atoms with Gasteiger partial charge < -0.3 is 4.57 Å². The molecule has 21 heavy (non-hydrogen) atoms. The molecule has 0 saturated heterocycles. The van der Waals surface area contributed by atoms with Gasteiger partial charge in [-0.2, -0.15) is 0 Å². The third-order valence-electron chi connectivity index (χ3n) is 3.51. The van der Waals surface area contributed by atoms with Crippen LogP contribution in [0.1, 0.15) is 12.0 Å². The average molecular weight is 388 g/mol. The molecular formula is C18H17IN2. The van der Waals surface area contributed by atoms with Gasteiger partial charge in [0, 0.05) is 28.1 Å². The van der Waals surface area contributed by atoms with Crippen molar-refractivity contribution in [3.8, 4) is 11.4 Å². The lowest BCUT2D eigenvalue weighted by Crippen LogP contribution is -2.01. The van der Waals surface area contributed by atoms with Crippen molar-refractivity contribution in [2.24, 2.45) is 0 Å². The van der Waals surface area contributed by atoms with Crippen molar-refractivity contribution in [2.75, 3.05) is 0 Å². The molecule has 0 unspecified atom stereocenters. The second kappa shape index (κ2) is 6.89. The van der Waals surface area contributed by atoms with Gasteiger partial charge in [-0.25, -0.2) is 4.98 Å². The number of nitrogens with zero attached hydrogens (tertiary/aromatic N) is 2. The molecule has 0 spiro atoms. The summed E-state index contributed by atoms with van der Waals surface area (Å²) in [4.78, 5) is 4.51. The Balaban J connectivity index is 1.69. The molecule has 1 aromatic heterocycles. The van der Waals surface area contributed by atoms with Crippen molar-refractivity contribution in [3.63, 3.8) is 0 Å². The predicted molar refractivity (Wildman–Crippen MR) is 95.1 cm³/mol. The monoisotopic (exact) mass is 388 g/mol. The molecule has 0 fully saturated rings. The first-order valence-electron chi connectivity index (χ1n) is 7.14. The smallest absolute Gasteiger partial charge is 0.139 e. The van der Waals surface area contributed by atoms with Gasteiger partial charge >= 0.3 is 0 Å². The maximum Gasteiger partial charge on any atom is 0.139 e. The number of halogens is 1.